The maximum atomic E-state index is 11.4. The van der Waals surface area contributed by atoms with Crippen LogP contribution in [0.15, 0.2) is 12.4 Å². The molecule has 1 N–H and O–H groups in total. The van der Waals surface area contributed by atoms with Gasteiger partial charge in [-0.15, -0.1) is 0 Å². The molecule has 1 aliphatic carbocycles. The van der Waals surface area contributed by atoms with Gasteiger partial charge in [-0.3, -0.25) is 4.21 Å². The van der Waals surface area contributed by atoms with Gasteiger partial charge in [-0.05, 0) is 12.8 Å². The van der Waals surface area contributed by atoms with Crippen LogP contribution in [0.3, 0.4) is 0 Å². The Kier molecular flexibility index (Phi) is 5.23. The number of aromatic nitrogens is 2. The third-order valence-electron chi connectivity index (χ3n) is 3.57. The monoisotopic (exact) mass is 269 g/mol. The third-order valence-corrected chi connectivity index (χ3v) is 4.87. The van der Waals surface area contributed by atoms with E-state index in [0.717, 1.165) is 18.2 Å². The first-order valence-electron chi connectivity index (χ1n) is 6.93. The number of anilines is 1. The second-order valence-electron chi connectivity index (χ2n) is 4.81. The zero-order valence-corrected chi connectivity index (χ0v) is 11.9. The second-order valence-corrected chi connectivity index (χ2v) is 6.67. The van der Waals surface area contributed by atoms with Crippen molar-refractivity contribution in [1.82, 2.24) is 9.55 Å². The number of nitrogens with zero attached hydrogens (tertiary/aromatic N) is 2. The van der Waals surface area contributed by atoms with Gasteiger partial charge < -0.3 is 9.88 Å². The molecule has 0 aromatic carbocycles. The lowest BCUT2D eigenvalue weighted by atomic mass is 9.95. The third kappa shape index (κ3) is 3.57. The SMILES string of the molecule is CCS(=O)CCNc1nccn1C1CCCCC1. The molecular weight excluding hydrogens is 246 g/mol. The standard InChI is InChI=1S/C13H23N3OS/c1-2-18(17)11-9-15-13-14-8-10-16(13)12-6-4-3-5-7-12/h8,10,12H,2-7,9,11H2,1H3,(H,14,15). The van der Waals surface area contributed by atoms with Crippen molar-refractivity contribution in [1.29, 1.82) is 0 Å². The van der Waals surface area contributed by atoms with E-state index in [2.05, 4.69) is 21.1 Å². The van der Waals surface area contributed by atoms with Crippen LogP contribution in [-0.4, -0.2) is 31.8 Å². The van der Waals surface area contributed by atoms with Crippen LogP contribution in [0.4, 0.5) is 5.95 Å². The van der Waals surface area contributed by atoms with Gasteiger partial charge in [0.15, 0.2) is 0 Å². The molecule has 0 saturated heterocycles. The molecule has 0 bridgehead atoms. The molecule has 1 atom stereocenters. The Morgan fingerprint density at radius 2 is 2.22 bits per heavy atom. The first-order valence-corrected chi connectivity index (χ1v) is 8.41. The molecule has 1 heterocycles. The van der Waals surface area contributed by atoms with Gasteiger partial charge in [0.2, 0.25) is 5.95 Å². The summed E-state index contributed by atoms with van der Waals surface area (Å²) in [4.78, 5) is 4.37. The van der Waals surface area contributed by atoms with Gasteiger partial charge in [-0.25, -0.2) is 4.98 Å². The van der Waals surface area contributed by atoms with E-state index in [1.807, 2.05) is 13.1 Å². The highest BCUT2D eigenvalue weighted by Crippen LogP contribution is 2.29. The number of hydrogen-bond acceptors (Lipinski definition) is 3. The predicted molar refractivity (Wildman–Crippen MR) is 76.4 cm³/mol. The summed E-state index contributed by atoms with van der Waals surface area (Å²) >= 11 is 0. The number of rotatable bonds is 6. The van der Waals surface area contributed by atoms with Crippen LogP contribution in [0.25, 0.3) is 0 Å². The van der Waals surface area contributed by atoms with Gasteiger partial charge in [-0.1, -0.05) is 26.2 Å². The summed E-state index contributed by atoms with van der Waals surface area (Å²) in [6, 6.07) is 0.598. The normalized spacial score (nSPS) is 18.7. The number of imidazole rings is 1. The topological polar surface area (TPSA) is 46.9 Å². The summed E-state index contributed by atoms with van der Waals surface area (Å²) in [7, 11) is -0.699. The molecule has 1 saturated carbocycles. The molecule has 102 valence electrons. The summed E-state index contributed by atoms with van der Waals surface area (Å²) in [6.45, 7) is 2.70. The largest absolute Gasteiger partial charge is 0.355 e. The molecule has 2 rings (SSSR count). The Hall–Kier alpha value is -0.840. The summed E-state index contributed by atoms with van der Waals surface area (Å²) < 4.78 is 13.6. The van der Waals surface area contributed by atoms with Crippen molar-refractivity contribution < 1.29 is 4.21 Å². The Morgan fingerprint density at radius 3 is 2.94 bits per heavy atom. The second kappa shape index (κ2) is 6.92. The van der Waals surface area contributed by atoms with Gasteiger partial charge >= 0.3 is 0 Å². The lowest BCUT2D eigenvalue weighted by Gasteiger charge is -2.24. The molecule has 0 radical (unpaired) electrons. The van der Waals surface area contributed by atoms with Gasteiger partial charge in [0.1, 0.15) is 0 Å². The molecule has 4 nitrogen and oxygen atoms in total. The van der Waals surface area contributed by atoms with Crippen molar-refractivity contribution in [3.63, 3.8) is 0 Å². The number of nitrogens with one attached hydrogen (secondary N) is 1. The Bertz CT molecular complexity index is 385. The molecule has 5 heteroatoms. The molecule has 1 fully saturated rings. The van der Waals surface area contributed by atoms with E-state index in [0.29, 0.717) is 11.8 Å². The average Bonchev–Trinajstić information content (AvgIpc) is 2.88. The first-order chi connectivity index (χ1) is 8.81. The van der Waals surface area contributed by atoms with Crippen molar-refractivity contribution in [2.24, 2.45) is 0 Å². The van der Waals surface area contributed by atoms with Gasteiger partial charge in [0, 0.05) is 47.3 Å². The number of hydrogen-bond donors (Lipinski definition) is 1. The quantitative estimate of drug-likeness (QED) is 0.863. The van der Waals surface area contributed by atoms with E-state index in [4.69, 9.17) is 0 Å². The van der Waals surface area contributed by atoms with E-state index in [-0.39, 0.29) is 0 Å². The van der Waals surface area contributed by atoms with Crippen molar-refractivity contribution in [3.05, 3.63) is 12.4 Å². The fraction of sp³-hybridized carbons (Fsp3) is 0.769. The van der Waals surface area contributed by atoms with Crippen LogP contribution in [-0.2, 0) is 10.8 Å². The zero-order chi connectivity index (χ0) is 12.8. The minimum Gasteiger partial charge on any atom is -0.355 e. The highest BCUT2D eigenvalue weighted by molar-refractivity contribution is 7.84. The molecule has 1 aromatic rings. The lowest BCUT2D eigenvalue weighted by molar-refractivity contribution is 0.356. The fourth-order valence-corrected chi connectivity index (χ4v) is 3.14. The zero-order valence-electron chi connectivity index (χ0n) is 11.1. The molecule has 1 aliphatic rings. The minimum atomic E-state index is -0.699. The smallest absolute Gasteiger partial charge is 0.203 e. The van der Waals surface area contributed by atoms with Crippen molar-refractivity contribution in [2.45, 2.75) is 45.1 Å². The van der Waals surface area contributed by atoms with Crippen LogP contribution in [0, 0.1) is 0 Å². The highest BCUT2D eigenvalue weighted by atomic mass is 32.2. The Labute approximate surface area is 112 Å². The van der Waals surface area contributed by atoms with E-state index in [9.17, 15) is 4.21 Å². The van der Waals surface area contributed by atoms with Gasteiger partial charge in [0.05, 0.1) is 0 Å². The van der Waals surface area contributed by atoms with E-state index in [1.165, 1.54) is 32.1 Å². The summed E-state index contributed by atoms with van der Waals surface area (Å²) in [5, 5.41) is 3.31. The first kappa shape index (κ1) is 13.6. The van der Waals surface area contributed by atoms with Crippen LogP contribution in [0.2, 0.25) is 0 Å². The van der Waals surface area contributed by atoms with Crippen molar-refractivity contribution in [2.75, 3.05) is 23.4 Å². The molecular formula is C13H23N3OS. The molecule has 18 heavy (non-hydrogen) atoms. The summed E-state index contributed by atoms with van der Waals surface area (Å²) in [6.07, 6.45) is 10.4. The van der Waals surface area contributed by atoms with Gasteiger partial charge in [-0.2, -0.15) is 0 Å². The van der Waals surface area contributed by atoms with E-state index >= 15 is 0 Å². The van der Waals surface area contributed by atoms with E-state index in [1.54, 1.807) is 0 Å². The van der Waals surface area contributed by atoms with Crippen LogP contribution >= 0.6 is 0 Å². The predicted octanol–water partition coefficient (Wildman–Crippen LogP) is 2.57. The molecule has 1 aromatic heterocycles. The molecule has 0 spiro atoms. The van der Waals surface area contributed by atoms with Crippen molar-refractivity contribution in [3.8, 4) is 0 Å². The summed E-state index contributed by atoms with van der Waals surface area (Å²) in [5.41, 5.74) is 0. The highest BCUT2D eigenvalue weighted by Gasteiger charge is 2.17. The van der Waals surface area contributed by atoms with Crippen LogP contribution < -0.4 is 5.32 Å². The average molecular weight is 269 g/mol. The molecule has 0 amide bonds. The van der Waals surface area contributed by atoms with Crippen LogP contribution in [0.5, 0.6) is 0 Å². The Morgan fingerprint density at radius 1 is 1.44 bits per heavy atom. The van der Waals surface area contributed by atoms with E-state index < -0.39 is 10.8 Å². The van der Waals surface area contributed by atoms with Crippen molar-refractivity contribution >= 4 is 16.7 Å². The molecule has 1 unspecified atom stereocenters. The maximum Gasteiger partial charge on any atom is 0.203 e. The molecule has 0 aliphatic heterocycles. The van der Waals surface area contributed by atoms with Gasteiger partial charge in [0.25, 0.3) is 0 Å². The Balaban J connectivity index is 1.88. The maximum absolute atomic E-state index is 11.4. The fourth-order valence-electron chi connectivity index (χ4n) is 2.52. The lowest BCUT2D eigenvalue weighted by Crippen LogP contribution is -2.18. The minimum absolute atomic E-state index is 0.598. The van der Waals surface area contributed by atoms with Crippen LogP contribution in [0.1, 0.15) is 45.1 Å². The summed E-state index contributed by atoms with van der Waals surface area (Å²) in [5.74, 6) is 2.38.